The predicted octanol–water partition coefficient (Wildman–Crippen LogP) is 3.85. The third-order valence-electron chi connectivity index (χ3n) is 4.15. The van der Waals surface area contributed by atoms with E-state index in [2.05, 4.69) is 0 Å². The van der Waals surface area contributed by atoms with Crippen LogP contribution in [0.5, 0.6) is 11.5 Å². The van der Waals surface area contributed by atoms with Crippen LogP contribution in [0.1, 0.15) is 34.5 Å². The first-order chi connectivity index (χ1) is 11.0. The molecule has 0 aliphatic heterocycles. The molecule has 4 heteroatoms. The average molecular weight is 313 g/mol. The summed E-state index contributed by atoms with van der Waals surface area (Å²) >= 11 is 0. The highest BCUT2D eigenvalue weighted by molar-refractivity contribution is 5.94. The molecule has 0 aromatic heterocycles. The Hall–Kier alpha value is -2.49. The molecule has 0 spiro atoms. The Morgan fingerprint density at radius 1 is 1.04 bits per heavy atom. The van der Waals surface area contributed by atoms with Gasteiger partial charge in [-0.1, -0.05) is 18.2 Å². The average Bonchev–Trinajstić information content (AvgIpc) is 2.60. The Balaban J connectivity index is 2.20. The molecule has 0 N–H and O–H groups in total. The zero-order valence-corrected chi connectivity index (χ0v) is 14.3. The lowest BCUT2D eigenvalue weighted by atomic mass is 10.1. The van der Waals surface area contributed by atoms with E-state index in [1.54, 1.807) is 25.2 Å². The van der Waals surface area contributed by atoms with E-state index in [1.165, 1.54) is 0 Å². The van der Waals surface area contributed by atoms with Crippen molar-refractivity contribution in [3.05, 3.63) is 59.2 Å². The fourth-order valence-electron chi connectivity index (χ4n) is 2.44. The number of amides is 1. The van der Waals surface area contributed by atoms with Crippen LogP contribution in [0, 0.1) is 6.92 Å². The number of rotatable bonds is 5. The van der Waals surface area contributed by atoms with Crippen molar-refractivity contribution in [3.63, 3.8) is 0 Å². The second-order valence-corrected chi connectivity index (χ2v) is 5.55. The van der Waals surface area contributed by atoms with Gasteiger partial charge in [0.1, 0.15) is 11.5 Å². The van der Waals surface area contributed by atoms with Crippen LogP contribution in [0.25, 0.3) is 0 Å². The van der Waals surface area contributed by atoms with Crippen LogP contribution in [-0.2, 0) is 0 Å². The second-order valence-electron chi connectivity index (χ2n) is 5.55. The highest BCUT2D eigenvalue weighted by Gasteiger charge is 2.19. The van der Waals surface area contributed by atoms with Crippen molar-refractivity contribution < 1.29 is 14.3 Å². The number of methoxy groups -OCH3 is 2. The van der Waals surface area contributed by atoms with Crippen molar-refractivity contribution in [2.75, 3.05) is 21.3 Å². The number of aryl methyl sites for hydroxylation is 1. The molecule has 0 saturated carbocycles. The standard InChI is InChI=1S/C19H23NO3/c1-13-6-7-16(12-18(13)23-5)19(21)20(3)14(2)15-8-10-17(22-4)11-9-15/h6-12,14H,1-5H3. The van der Waals surface area contributed by atoms with Crippen molar-refractivity contribution in [2.45, 2.75) is 19.9 Å². The van der Waals surface area contributed by atoms with Gasteiger partial charge in [-0.15, -0.1) is 0 Å². The minimum absolute atomic E-state index is 0.0355. The molecule has 0 fully saturated rings. The highest BCUT2D eigenvalue weighted by atomic mass is 16.5. The van der Waals surface area contributed by atoms with Gasteiger partial charge in [0.2, 0.25) is 0 Å². The molecule has 0 saturated heterocycles. The number of carbonyl (C=O) groups excluding carboxylic acids is 1. The van der Waals surface area contributed by atoms with E-state index in [-0.39, 0.29) is 11.9 Å². The Labute approximate surface area is 137 Å². The predicted molar refractivity (Wildman–Crippen MR) is 91.2 cm³/mol. The van der Waals surface area contributed by atoms with Crippen molar-refractivity contribution >= 4 is 5.91 Å². The maximum atomic E-state index is 12.7. The molecule has 1 amide bonds. The Morgan fingerprint density at radius 2 is 1.70 bits per heavy atom. The summed E-state index contributed by atoms with van der Waals surface area (Å²) in [6.07, 6.45) is 0. The molecule has 1 atom stereocenters. The molecule has 0 heterocycles. The summed E-state index contributed by atoms with van der Waals surface area (Å²) in [6.45, 7) is 3.96. The normalized spacial score (nSPS) is 11.7. The number of carbonyl (C=O) groups is 1. The molecule has 0 radical (unpaired) electrons. The molecule has 2 aromatic rings. The zero-order chi connectivity index (χ0) is 17.0. The minimum Gasteiger partial charge on any atom is -0.497 e. The first-order valence-electron chi connectivity index (χ1n) is 7.53. The van der Waals surface area contributed by atoms with Crippen molar-refractivity contribution in [1.82, 2.24) is 4.90 Å². The zero-order valence-electron chi connectivity index (χ0n) is 14.3. The first kappa shape index (κ1) is 16.9. The van der Waals surface area contributed by atoms with E-state index >= 15 is 0 Å². The fraction of sp³-hybridized carbons (Fsp3) is 0.316. The monoisotopic (exact) mass is 313 g/mol. The topological polar surface area (TPSA) is 38.8 Å². The van der Waals surface area contributed by atoms with Gasteiger partial charge in [0, 0.05) is 12.6 Å². The lowest BCUT2D eigenvalue weighted by molar-refractivity contribution is 0.0742. The third kappa shape index (κ3) is 3.65. The smallest absolute Gasteiger partial charge is 0.254 e. The molecule has 0 aliphatic carbocycles. The summed E-state index contributed by atoms with van der Waals surface area (Å²) in [5, 5.41) is 0. The van der Waals surface area contributed by atoms with Crippen molar-refractivity contribution in [1.29, 1.82) is 0 Å². The third-order valence-corrected chi connectivity index (χ3v) is 4.15. The van der Waals surface area contributed by atoms with Crippen LogP contribution in [-0.4, -0.2) is 32.1 Å². The molecule has 2 rings (SSSR count). The van der Waals surface area contributed by atoms with E-state index in [9.17, 15) is 4.79 Å². The lowest BCUT2D eigenvalue weighted by Gasteiger charge is -2.26. The summed E-state index contributed by atoms with van der Waals surface area (Å²) in [6, 6.07) is 13.2. The fourth-order valence-corrected chi connectivity index (χ4v) is 2.44. The van der Waals surface area contributed by atoms with E-state index in [0.29, 0.717) is 5.56 Å². The molecule has 2 aromatic carbocycles. The Bertz CT molecular complexity index is 680. The molecular formula is C19H23NO3. The van der Waals surface area contributed by atoms with Gasteiger partial charge in [0.15, 0.2) is 0 Å². The minimum atomic E-state index is -0.0410. The van der Waals surface area contributed by atoms with Gasteiger partial charge in [0.25, 0.3) is 5.91 Å². The number of benzene rings is 2. The van der Waals surface area contributed by atoms with E-state index in [4.69, 9.17) is 9.47 Å². The Kier molecular flexibility index (Phi) is 5.27. The summed E-state index contributed by atoms with van der Waals surface area (Å²) < 4.78 is 10.5. The summed E-state index contributed by atoms with van der Waals surface area (Å²) in [5.41, 5.74) is 2.69. The largest absolute Gasteiger partial charge is 0.497 e. The molecule has 0 bridgehead atoms. The quantitative estimate of drug-likeness (QED) is 0.841. The van der Waals surface area contributed by atoms with Gasteiger partial charge in [-0.2, -0.15) is 0 Å². The van der Waals surface area contributed by atoms with Crippen LogP contribution in [0.15, 0.2) is 42.5 Å². The van der Waals surface area contributed by atoms with Crippen molar-refractivity contribution in [3.8, 4) is 11.5 Å². The maximum absolute atomic E-state index is 12.7. The number of hydrogen-bond acceptors (Lipinski definition) is 3. The van der Waals surface area contributed by atoms with Crippen LogP contribution in [0.3, 0.4) is 0 Å². The molecular weight excluding hydrogens is 290 g/mol. The van der Waals surface area contributed by atoms with Gasteiger partial charge < -0.3 is 14.4 Å². The van der Waals surface area contributed by atoms with Gasteiger partial charge in [-0.25, -0.2) is 0 Å². The maximum Gasteiger partial charge on any atom is 0.254 e. The first-order valence-corrected chi connectivity index (χ1v) is 7.53. The van der Waals surface area contributed by atoms with Gasteiger partial charge in [-0.3, -0.25) is 4.79 Å². The van der Waals surface area contributed by atoms with Crippen LogP contribution in [0.2, 0.25) is 0 Å². The highest BCUT2D eigenvalue weighted by Crippen LogP contribution is 2.25. The van der Waals surface area contributed by atoms with E-state index in [1.807, 2.05) is 57.3 Å². The van der Waals surface area contributed by atoms with Crippen molar-refractivity contribution in [2.24, 2.45) is 0 Å². The van der Waals surface area contributed by atoms with Crippen LogP contribution < -0.4 is 9.47 Å². The Morgan fingerprint density at radius 3 is 2.26 bits per heavy atom. The molecule has 1 unspecified atom stereocenters. The lowest BCUT2D eigenvalue weighted by Crippen LogP contribution is -2.29. The van der Waals surface area contributed by atoms with E-state index < -0.39 is 0 Å². The van der Waals surface area contributed by atoms with Gasteiger partial charge in [0.05, 0.1) is 20.3 Å². The summed E-state index contributed by atoms with van der Waals surface area (Å²) in [7, 11) is 5.06. The van der Waals surface area contributed by atoms with Gasteiger partial charge in [-0.05, 0) is 49.2 Å². The SMILES string of the molecule is COc1ccc(C(C)N(C)C(=O)c2ccc(C)c(OC)c2)cc1. The van der Waals surface area contributed by atoms with Crippen LogP contribution in [0.4, 0.5) is 0 Å². The number of nitrogens with zero attached hydrogens (tertiary/aromatic N) is 1. The second kappa shape index (κ2) is 7.18. The molecule has 23 heavy (non-hydrogen) atoms. The summed E-state index contributed by atoms with van der Waals surface area (Å²) in [5.74, 6) is 1.49. The van der Waals surface area contributed by atoms with E-state index in [0.717, 1.165) is 22.6 Å². The van der Waals surface area contributed by atoms with Crippen LogP contribution >= 0.6 is 0 Å². The number of ether oxygens (including phenoxy) is 2. The number of hydrogen-bond donors (Lipinski definition) is 0. The molecule has 4 nitrogen and oxygen atoms in total. The van der Waals surface area contributed by atoms with Gasteiger partial charge >= 0.3 is 0 Å². The molecule has 122 valence electrons. The molecule has 0 aliphatic rings. The summed E-state index contributed by atoms with van der Waals surface area (Å²) in [4.78, 5) is 14.4.